The van der Waals surface area contributed by atoms with Crippen molar-refractivity contribution >= 4 is 16.6 Å². The smallest absolute Gasteiger partial charge is 0.304 e. The van der Waals surface area contributed by atoms with E-state index < -0.39 is 4.92 Å². The zero-order chi connectivity index (χ0) is 9.42. The largest absolute Gasteiger partial charge is 0.336 e. The molecule has 2 aromatic rings. The molecule has 4 nitrogen and oxygen atoms in total. The van der Waals surface area contributed by atoms with E-state index in [2.05, 4.69) is 6.20 Å². The van der Waals surface area contributed by atoms with E-state index in [4.69, 9.17) is 0 Å². The molecular weight excluding hydrogens is 168 g/mol. The second-order valence-electron chi connectivity index (χ2n) is 2.79. The number of aromatic nitrogens is 1. The Hall–Kier alpha value is -1.84. The molecule has 0 spiro atoms. The summed E-state index contributed by atoms with van der Waals surface area (Å²) in [5.74, 6) is 0. The van der Waals surface area contributed by atoms with E-state index in [-0.39, 0.29) is 5.69 Å². The first kappa shape index (κ1) is 7.79. The summed E-state index contributed by atoms with van der Waals surface area (Å²) < 4.78 is 1.63. The van der Waals surface area contributed by atoms with Gasteiger partial charge in [0.2, 0.25) is 0 Å². The van der Waals surface area contributed by atoms with Crippen molar-refractivity contribution < 1.29 is 4.92 Å². The van der Waals surface area contributed by atoms with Crippen molar-refractivity contribution in [3.8, 4) is 0 Å². The van der Waals surface area contributed by atoms with Crippen molar-refractivity contribution in [2.24, 2.45) is 7.05 Å². The topological polar surface area (TPSA) is 48.1 Å². The third-order valence-corrected chi connectivity index (χ3v) is 1.98. The van der Waals surface area contributed by atoms with Crippen LogP contribution in [0, 0.1) is 16.3 Å². The highest BCUT2D eigenvalue weighted by atomic mass is 16.6. The number of benzene rings is 1. The van der Waals surface area contributed by atoms with Gasteiger partial charge in [-0.2, -0.15) is 0 Å². The molecule has 0 fully saturated rings. The number of aryl methyl sites for hydroxylation is 1. The van der Waals surface area contributed by atoms with E-state index in [1.165, 1.54) is 0 Å². The van der Waals surface area contributed by atoms with Crippen LogP contribution in [-0.2, 0) is 7.05 Å². The molecule has 2 rings (SSSR count). The van der Waals surface area contributed by atoms with Crippen LogP contribution in [0.3, 0.4) is 0 Å². The zero-order valence-corrected chi connectivity index (χ0v) is 7.02. The summed E-state index contributed by atoms with van der Waals surface area (Å²) in [7, 11) is 1.75. The van der Waals surface area contributed by atoms with Gasteiger partial charge in [0.1, 0.15) is 0 Å². The lowest BCUT2D eigenvalue weighted by Gasteiger charge is -1.90. The van der Waals surface area contributed by atoms with Gasteiger partial charge in [0, 0.05) is 7.05 Å². The molecule has 0 aliphatic rings. The Morgan fingerprint density at radius 2 is 2.15 bits per heavy atom. The summed E-state index contributed by atoms with van der Waals surface area (Å²) in [5.41, 5.74) is 0.868. The molecule has 1 heterocycles. The van der Waals surface area contributed by atoms with Crippen molar-refractivity contribution in [2.75, 3.05) is 0 Å². The van der Waals surface area contributed by atoms with Crippen LogP contribution in [0.1, 0.15) is 0 Å². The van der Waals surface area contributed by atoms with Crippen molar-refractivity contribution in [1.29, 1.82) is 0 Å². The summed E-state index contributed by atoms with van der Waals surface area (Å²) >= 11 is 0. The molecule has 0 bridgehead atoms. The Bertz CT molecular complexity index is 473. The highest BCUT2D eigenvalue weighted by Gasteiger charge is 2.15. The summed E-state index contributed by atoms with van der Waals surface area (Å²) in [6, 6.07) is 7.19. The second-order valence-corrected chi connectivity index (χ2v) is 2.79. The minimum absolute atomic E-state index is 0.0399. The molecule has 0 atom stereocenters. The SMILES string of the molecule is Cn1[c]c([N+](=O)[O-])c2ccccc21. The molecule has 1 aromatic heterocycles. The number of fused-ring (bicyclic) bond motifs is 1. The summed E-state index contributed by atoms with van der Waals surface area (Å²) in [6.45, 7) is 0. The first-order chi connectivity index (χ1) is 6.20. The molecule has 1 radical (unpaired) electrons. The standard InChI is InChI=1S/C9H7N2O2/c1-10-6-9(11(12)13)7-4-2-3-5-8(7)10/h2-5H,1H3. The van der Waals surface area contributed by atoms with Crippen LogP contribution in [0.25, 0.3) is 10.9 Å². The van der Waals surface area contributed by atoms with Crippen LogP contribution in [-0.4, -0.2) is 9.49 Å². The highest BCUT2D eigenvalue weighted by Crippen LogP contribution is 2.25. The van der Waals surface area contributed by atoms with Gasteiger partial charge in [-0.15, -0.1) is 0 Å². The molecule has 0 unspecified atom stereocenters. The molecular formula is C9H7N2O2. The highest BCUT2D eigenvalue weighted by molar-refractivity contribution is 5.89. The van der Waals surface area contributed by atoms with E-state index in [1.807, 2.05) is 12.1 Å². The number of rotatable bonds is 1. The Morgan fingerprint density at radius 3 is 2.85 bits per heavy atom. The lowest BCUT2D eigenvalue weighted by molar-refractivity contribution is -0.383. The Kier molecular flexibility index (Phi) is 1.55. The Morgan fingerprint density at radius 1 is 1.46 bits per heavy atom. The van der Waals surface area contributed by atoms with Crippen LogP contribution in [0.5, 0.6) is 0 Å². The van der Waals surface area contributed by atoms with E-state index in [1.54, 1.807) is 23.7 Å². The number of nitrogens with zero attached hydrogens (tertiary/aromatic N) is 2. The van der Waals surface area contributed by atoms with Crippen LogP contribution >= 0.6 is 0 Å². The van der Waals surface area contributed by atoms with Crippen molar-refractivity contribution in [2.45, 2.75) is 0 Å². The van der Waals surface area contributed by atoms with Crippen LogP contribution in [0.4, 0.5) is 5.69 Å². The van der Waals surface area contributed by atoms with Gasteiger partial charge in [-0.05, 0) is 12.1 Å². The van der Waals surface area contributed by atoms with Gasteiger partial charge in [0.25, 0.3) is 0 Å². The van der Waals surface area contributed by atoms with Gasteiger partial charge < -0.3 is 4.57 Å². The molecule has 0 aliphatic carbocycles. The number of hydrogen-bond acceptors (Lipinski definition) is 2. The van der Waals surface area contributed by atoms with Crippen LogP contribution < -0.4 is 0 Å². The maximum absolute atomic E-state index is 10.6. The van der Waals surface area contributed by atoms with Crippen LogP contribution in [0.2, 0.25) is 0 Å². The molecule has 0 saturated heterocycles. The third-order valence-electron chi connectivity index (χ3n) is 1.98. The summed E-state index contributed by atoms with van der Waals surface area (Å²) in [4.78, 5) is 10.2. The van der Waals surface area contributed by atoms with Gasteiger partial charge in [0.05, 0.1) is 15.8 Å². The van der Waals surface area contributed by atoms with Gasteiger partial charge in [-0.3, -0.25) is 10.1 Å². The van der Waals surface area contributed by atoms with Crippen LogP contribution in [0.15, 0.2) is 24.3 Å². The Balaban J connectivity index is 2.85. The maximum atomic E-state index is 10.6. The normalized spacial score (nSPS) is 10.5. The van der Waals surface area contributed by atoms with Crippen molar-refractivity contribution in [3.63, 3.8) is 0 Å². The van der Waals surface area contributed by atoms with E-state index in [0.29, 0.717) is 5.39 Å². The van der Waals surface area contributed by atoms with Gasteiger partial charge in [0.15, 0.2) is 6.20 Å². The monoisotopic (exact) mass is 175 g/mol. The number of hydrogen-bond donors (Lipinski definition) is 0. The zero-order valence-electron chi connectivity index (χ0n) is 7.02. The fourth-order valence-corrected chi connectivity index (χ4v) is 1.38. The minimum Gasteiger partial charge on any atom is -0.336 e. The molecule has 0 N–H and O–H groups in total. The Labute approximate surface area is 74.6 Å². The third kappa shape index (κ3) is 1.07. The first-order valence-electron chi connectivity index (χ1n) is 3.81. The van der Waals surface area contributed by atoms with Gasteiger partial charge in [-0.1, -0.05) is 12.1 Å². The fraction of sp³-hybridized carbons (Fsp3) is 0.111. The molecule has 13 heavy (non-hydrogen) atoms. The molecule has 0 saturated carbocycles. The van der Waals surface area contributed by atoms with Gasteiger partial charge in [-0.25, -0.2) is 0 Å². The lowest BCUT2D eigenvalue weighted by atomic mass is 10.2. The number of nitro groups is 1. The van der Waals surface area contributed by atoms with Crippen molar-refractivity contribution in [1.82, 2.24) is 4.57 Å². The average Bonchev–Trinajstić information content (AvgIpc) is 2.45. The average molecular weight is 175 g/mol. The maximum Gasteiger partial charge on any atom is 0.304 e. The predicted molar refractivity (Wildman–Crippen MR) is 48.4 cm³/mol. The predicted octanol–water partition coefficient (Wildman–Crippen LogP) is 1.89. The molecule has 65 valence electrons. The minimum atomic E-state index is -0.414. The molecule has 4 heteroatoms. The summed E-state index contributed by atoms with van der Waals surface area (Å²) in [5, 5.41) is 11.2. The molecule has 0 aliphatic heterocycles. The summed E-state index contributed by atoms with van der Waals surface area (Å²) in [6.07, 6.45) is 2.67. The van der Waals surface area contributed by atoms with Gasteiger partial charge >= 0.3 is 5.69 Å². The van der Waals surface area contributed by atoms with E-state index >= 15 is 0 Å². The molecule has 0 amide bonds. The first-order valence-corrected chi connectivity index (χ1v) is 3.81. The van der Waals surface area contributed by atoms with Crippen molar-refractivity contribution in [3.05, 3.63) is 40.6 Å². The fourth-order valence-electron chi connectivity index (χ4n) is 1.38. The lowest BCUT2D eigenvalue weighted by Crippen LogP contribution is -1.86. The van der Waals surface area contributed by atoms with E-state index in [9.17, 15) is 10.1 Å². The van der Waals surface area contributed by atoms with E-state index in [0.717, 1.165) is 5.52 Å². The quantitative estimate of drug-likeness (QED) is 0.490. The second kappa shape index (κ2) is 2.58. The number of para-hydroxylation sites is 1. The molecule has 1 aromatic carbocycles.